The molecule has 21 heavy (non-hydrogen) atoms. The molecule has 2 amide bonds. The highest BCUT2D eigenvalue weighted by molar-refractivity contribution is 5.97. The Morgan fingerprint density at radius 3 is 2.38 bits per heavy atom. The summed E-state index contributed by atoms with van der Waals surface area (Å²) in [5.41, 5.74) is 0. The number of hydrogen-bond acceptors (Lipinski definition) is 3. The molecule has 1 heterocycles. The van der Waals surface area contributed by atoms with E-state index in [1.807, 2.05) is 34.6 Å². The maximum atomic E-state index is 12.5. The summed E-state index contributed by atoms with van der Waals surface area (Å²) in [5.74, 6) is 0.154. The molecule has 1 fully saturated rings. The SMILES string of the molecule is CCC1C(=O)NC(C(C)C)C(=O)N1CCCCOC(C)C. The highest BCUT2D eigenvalue weighted by atomic mass is 16.5. The van der Waals surface area contributed by atoms with Crippen molar-refractivity contribution in [2.45, 2.75) is 72.1 Å². The van der Waals surface area contributed by atoms with Crippen molar-refractivity contribution in [3.8, 4) is 0 Å². The van der Waals surface area contributed by atoms with Crippen LogP contribution in [0.5, 0.6) is 0 Å². The average molecular weight is 298 g/mol. The molecular formula is C16H30N2O3. The van der Waals surface area contributed by atoms with Gasteiger partial charge in [-0.05, 0) is 39.0 Å². The summed E-state index contributed by atoms with van der Waals surface area (Å²) in [6, 6.07) is -0.703. The summed E-state index contributed by atoms with van der Waals surface area (Å²) in [6.45, 7) is 11.2. The molecular weight excluding hydrogens is 268 g/mol. The van der Waals surface area contributed by atoms with Crippen LogP contribution in [0.1, 0.15) is 53.9 Å². The number of ether oxygens (including phenoxy) is 1. The van der Waals surface area contributed by atoms with Crippen LogP contribution in [-0.4, -0.2) is 48.1 Å². The minimum atomic E-state index is -0.382. The number of carbonyl (C=O) groups is 2. The normalized spacial score (nSPS) is 23.1. The van der Waals surface area contributed by atoms with Gasteiger partial charge in [-0.25, -0.2) is 0 Å². The molecule has 2 unspecified atom stereocenters. The molecule has 0 bridgehead atoms. The Morgan fingerprint density at radius 2 is 1.86 bits per heavy atom. The van der Waals surface area contributed by atoms with Gasteiger partial charge < -0.3 is 15.0 Å². The number of hydrogen-bond donors (Lipinski definition) is 1. The third kappa shape index (κ3) is 4.99. The van der Waals surface area contributed by atoms with Gasteiger partial charge in [0, 0.05) is 13.2 Å². The molecule has 122 valence electrons. The molecule has 0 saturated carbocycles. The van der Waals surface area contributed by atoms with Crippen molar-refractivity contribution in [2.75, 3.05) is 13.2 Å². The zero-order valence-electron chi connectivity index (χ0n) is 14.0. The van der Waals surface area contributed by atoms with Crippen LogP contribution < -0.4 is 5.32 Å². The van der Waals surface area contributed by atoms with Crippen LogP contribution in [0.3, 0.4) is 0 Å². The molecule has 0 spiro atoms. The van der Waals surface area contributed by atoms with Gasteiger partial charge in [-0.3, -0.25) is 9.59 Å². The third-order valence-corrected chi connectivity index (χ3v) is 3.82. The maximum absolute atomic E-state index is 12.5. The first-order chi connectivity index (χ1) is 9.88. The Kier molecular flexibility index (Phi) is 7.15. The van der Waals surface area contributed by atoms with Crippen molar-refractivity contribution in [1.29, 1.82) is 0 Å². The standard InChI is InChI=1S/C16H30N2O3/c1-6-13-15(19)17-14(11(2)3)16(20)18(13)9-7-8-10-21-12(4)5/h11-14H,6-10H2,1-5H3,(H,17,19). The van der Waals surface area contributed by atoms with Gasteiger partial charge in [0.15, 0.2) is 0 Å². The van der Waals surface area contributed by atoms with E-state index in [1.165, 1.54) is 0 Å². The van der Waals surface area contributed by atoms with Gasteiger partial charge in [0.25, 0.3) is 0 Å². The molecule has 5 nitrogen and oxygen atoms in total. The molecule has 0 aromatic rings. The van der Waals surface area contributed by atoms with E-state index in [1.54, 1.807) is 4.90 Å². The van der Waals surface area contributed by atoms with Crippen molar-refractivity contribution in [3.63, 3.8) is 0 Å². The summed E-state index contributed by atoms with van der Waals surface area (Å²) in [7, 11) is 0. The molecule has 1 aliphatic heterocycles. The number of carbonyl (C=O) groups excluding carboxylic acids is 2. The number of rotatable bonds is 8. The molecule has 1 N–H and O–H groups in total. The molecule has 0 aromatic carbocycles. The van der Waals surface area contributed by atoms with Crippen LogP contribution in [0.2, 0.25) is 0 Å². The van der Waals surface area contributed by atoms with Crippen molar-refractivity contribution in [1.82, 2.24) is 10.2 Å². The van der Waals surface area contributed by atoms with E-state index in [-0.39, 0.29) is 35.9 Å². The Morgan fingerprint density at radius 1 is 1.19 bits per heavy atom. The average Bonchev–Trinajstić information content (AvgIpc) is 2.41. The first-order valence-corrected chi connectivity index (χ1v) is 8.10. The smallest absolute Gasteiger partial charge is 0.246 e. The zero-order valence-corrected chi connectivity index (χ0v) is 14.0. The summed E-state index contributed by atoms with van der Waals surface area (Å²) >= 11 is 0. The van der Waals surface area contributed by atoms with Crippen LogP contribution in [0, 0.1) is 5.92 Å². The molecule has 1 aliphatic rings. The largest absolute Gasteiger partial charge is 0.379 e. The topological polar surface area (TPSA) is 58.6 Å². The van der Waals surface area contributed by atoms with Gasteiger partial charge in [-0.15, -0.1) is 0 Å². The summed E-state index contributed by atoms with van der Waals surface area (Å²) in [4.78, 5) is 26.4. The Balaban J connectivity index is 2.57. The van der Waals surface area contributed by atoms with Gasteiger partial charge in [0.2, 0.25) is 11.8 Å². The molecule has 1 saturated heterocycles. The van der Waals surface area contributed by atoms with Gasteiger partial charge in [-0.1, -0.05) is 20.8 Å². The fraction of sp³-hybridized carbons (Fsp3) is 0.875. The van der Waals surface area contributed by atoms with E-state index < -0.39 is 0 Å². The van der Waals surface area contributed by atoms with E-state index in [0.717, 1.165) is 12.8 Å². The number of piperazine rings is 1. The second kappa shape index (κ2) is 8.37. The molecule has 5 heteroatoms. The lowest BCUT2D eigenvalue weighted by molar-refractivity contribution is -0.150. The minimum Gasteiger partial charge on any atom is -0.379 e. The maximum Gasteiger partial charge on any atom is 0.246 e. The lowest BCUT2D eigenvalue weighted by atomic mass is 9.96. The second-order valence-corrected chi connectivity index (χ2v) is 6.31. The highest BCUT2D eigenvalue weighted by Gasteiger charge is 2.40. The first kappa shape index (κ1) is 18.0. The molecule has 0 aliphatic carbocycles. The predicted molar refractivity (Wildman–Crippen MR) is 82.9 cm³/mol. The number of nitrogens with one attached hydrogen (secondary N) is 1. The molecule has 0 radical (unpaired) electrons. The number of unbranched alkanes of at least 4 members (excludes halogenated alkanes) is 1. The van der Waals surface area contributed by atoms with Crippen molar-refractivity contribution >= 4 is 11.8 Å². The van der Waals surface area contributed by atoms with Gasteiger partial charge >= 0.3 is 0 Å². The molecule has 1 rings (SSSR count). The van der Waals surface area contributed by atoms with Crippen LogP contribution >= 0.6 is 0 Å². The summed E-state index contributed by atoms with van der Waals surface area (Å²) in [6.07, 6.45) is 2.67. The fourth-order valence-electron chi connectivity index (χ4n) is 2.61. The van der Waals surface area contributed by atoms with Crippen LogP contribution in [-0.2, 0) is 14.3 Å². The van der Waals surface area contributed by atoms with Crippen molar-refractivity contribution in [3.05, 3.63) is 0 Å². The van der Waals surface area contributed by atoms with E-state index in [2.05, 4.69) is 5.32 Å². The van der Waals surface area contributed by atoms with Crippen LogP contribution in [0.25, 0.3) is 0 Å². The Bertz CT molecular complexity index is 355. The van der Waals surface area contributed by atoms with Crippen molar-refractivity contribution < 1.29 is 14.3 Å². The van der Waals surface area contributed by atoms with Crippen LogP contribution in [0.15, 0.2) is 0 Å². The van der Waals surface area contributed by atoms with E-state index in [9.17, 15) is 9.59 Å². The predicted octanol–water partition coefficient (Wildman–Crippen LogP) is 1.95. The monoisotopic (exact) mass is 298 g/mol. The second-order valence-electron chi connectivity index (χ2n) is 6.31. The Labute approximate surface area is 128 Å². The van der Waals surface area contributed by atoms with E-state index in [0.29, 0.717) is 19.6 Å². The Hall–Kier alpha value is -1.10. The van der Waals surface area contributed by atoms with Crippen LogP contribution in [0.4, 0.5) is 0 Å². The van der Waals surface area contributed by atoms with E-state index >= 15 is 0 Å². The van der Waals surface area contributed by atoms with Gasteiger partial charge in [0.05, 0.1) is 6.10 Å². The van der Waals surface area contributed by atoms with Crippen molar-refractivity contribution in [2.24, 2.45) is 5.92 Å². The highest BCUT2D eigenvalue weighted by Crippen LogP contribution is 2.18. The zero-order chi connectivity index (χ0) is 16.0. The molecule has 0 aromatic heterocycles. The lowest BCUT2D eigenvalue weighted by Crippen LogP contribution is -2.64. The number of nitrogens with zero attached hydrogens (tertiary/aromatic N) is 1. The minimum absolute atomic E-state index is 0.0192. The van der Waals surface area contributed by atoms with E-state index in [4.69, 9.17) is 4.74 Å². The lowest BCUT2D eigenvalue weighted by Gasteiger charge is -2.40. The fourth-order valence-corrected chi connectivity index (χ4v) is 2.61. The summed E-state index contributed by atoms with van der Waals surface area (Å²) in [5, 5.41) is 2.86. The van der Waals surface area contributed by atoms with Gasteiger partial charge in [0.1, 0.15) is 12.1 Å². The third-order valence-electron chi connectivity index (χ3n) is 3.82. The van der Waals surface area contributed by atoms with Gasteiger partial charge in [-0.2, -0.15) is 0 Å². The molecule has 2 atom stereocenters. The quantitative estimate of drug-likeness (QED) is 0.697. The number of amides is 2. The summed E-state index contributed by atoms with van der Waals surface area (Å²) < 4.78 is 5.51. The first-order valence-electron chi connectivity index (χ1n) is 8.10.